The molecule has 2 rings (SSSR count). The summed E-state index contributed by atoms with van der Waals surface area (Å²) >= 11 is 1.67. The van der Waals surface area contributed by atoms with Crippen LogP contribution in [0.25, 0.3) is 6.08 Å². The van der Waals surface area contributed by atoms with Crippen LogP contribution < -0.4 is 4.90 Å². The molecule has 1 aliphatic heterocycles. The number of amides is 1. The van der Waals surface area contributed by atoms with Crippen molar-refractivity contribution in [2.75, 3.05) is 25.2 Å². The highest BCUT2D eigenvalue weighted by Gasteiger charge is 2.19. The number of carbonyl (C=O) groups is 1. The standard InChI is InChI=1S/C11H14N2O2S/c1-3-15-11(14)13-6-4-9-5-7-16-10(9)12(2)8-13/h4-7H,3,8H2,1-2H3. The molecule has 1 amide bonds. The van der Waals surface area contributed by atoms with E-state index in [-0.39, 0.29) is 6.09 Å². The molecular formula is C11H14N2O2S. The minimum absolute atomic E-state index is 0.305. The highest BCUT2D eigenvalue weighted by molar-refractivity contribution is 7.14. The Morgan fingerprint density at radius 1 is 1.62 bits per heavy atom. The maximum absolute atomic E-state index is 11.6. The third-order valence-corrected chi connectivity index (χ3v) is 3.36. The molecule has 2 heterocycles. The molecule has 1 aromatic heterocycles. The van der Waals surface area contributed by atoms with Gasteiger partial charge in [-0.05, 0) is 24.4 Å². The lowest BCUT2D eigenvalue weighted by atomic mass is 10.3. The number of nitrogens with zero attached hydrogens (tertiary/aromatic N) is 2. The summed E-state index contributed by atoms with van der Waals surface area (Å²) in [5, 5.41) is 3.22. The lowest BCUT2D eigenvalue weighted by Crippen LogP contribution is -2.35. The molecule has 0 N–H and O–H groups in total. The number of rotatable bonds is 1. The zero-order valence-electron chi connectivity index (χ0n) is 9.34. The fourth-order valence-corrected chi connectivity index (χ4v) is 2.44. The second-order valence-electron chi connectivity index (χ2n) is 3.50. The fourth-order valence-electron chi connectivity index (χ4n) is 1.58. The molecule has 0 radical (unpaired) electrons. The Labute approximate surface area is 98.7 Å². The second kappa shape index (κ2) is 4.57. The molecular weight excluding hydrogens is 224 g/mol. The molecule has 0 atom stereocenters. The van der Waals surface area contributed by atoms with Crippen molar-refractivity contribution < 1.29 is 9.53 Å². The maximum atomic E-state index is 11.6. The number of anilines is 1. The lowest BCUT2D eigenvalue weighted by molar-refractivity contribution is 0.123. The van der Waals surface area contributed by atoms with Gasteiger partial charge in [-0.15, -0.1) is 11.3 Å². The van der Waals surface area contributed by atoms with Crippen LogP contribution in [0.2, 0.25) is 0 Å². The van der Waals surface area contributed by atoms with Crippen LogP contribution in [0.15, 0.2) is 17.6 Å². The Hall–Kier alpha value is -1.49. The van der Waals surface area contributed by atoms with Gasteiger partial charge in [0.2, 0.25) is 0 Å². The first-order chi connectivity index (χ1) is 7.72. The summed E-state index contributed by atoms with van der Waals surface area (Å²) in [6.07, 6.45) is 3.40. The van der Waals surface area contributed by atoms with Crippen LogP contribution in [0, 0.1) is 0 Å². The Bertz CT molecular complexity index is 414. The molecule has 4 nitrogen and oxygen atoms in total. The summed E-state index contributed by atoms with van der Waals surface area (Å²) in [5.74, 6) is 0. The van der Waals surface area contributed by atoms with Gasteiger partial charge in [-0.3, -0.25) is 4.90 Å². The van der Waals surface area contributed by atoms with E-state index in [1.807, 2.05) is 29.5 Å². The Kier molecular flexibility index (Phi) is 3.14. The summed E-state index contributed by atoms with van der Waals surface area (Å²) in [6, 6.07) is 2.04. The van der Waals surface area contributed by atoms with Crippen LogP contribution in [0.5, 0.6) is 0 Å². The summed E-state index contributed by atoms with van der Waals surface area (Å²) in [4.78, 5) is 15.2. The van der Waals surface area contributed by atoms with Crippen molar-refractivity contribution in [3.63, 3.8) is 0 Å². The van der Waals surface area contributed by atoms with E-state index >= 15 is 0 Å². The number of hydrogen-bond acceptors (Lipinski definition) is 4. The summed E-state index contributed by atoms with van der Waals surface area (Å²) in [7, 11) is 1.97. The van der Waals surface area contributed by atoms with Crippen molar-refractivity contribution in [2.45, 2.75) is 6.92 Å². The van der Waals surface area contributed by atoms with Crippen LogP contribution >= 0.6 is 11.3 Å². The van der Waals surface area contributed by atoms with E-state index in [1.54, 1.807) is 29.4 Å². The van der Waals surface area contributed by atoms with Crippen molar-refractivity contribution >= 4 is 28.5 Å². The minimum atomic E-state index is -0.305. The van der Waals surface area contributed by atoms with Crippen LogP contribution in [0.1, 0.15) is 12.5 Å². The van der Waals surface area contributed by atoms with Crippen LogP contribution in [-0.4, -0.2) is 31.3 Å². The summed E-state index contributed by atoms with van der Waals surface area (Å²) in [5.41, 5.74) is 1.14. The monoisotopic (exact) mass is 238 g/mol. The van der Waals surface area contributed by atoms with Gasteiger partial charge in [0.25, 0.3) is 0 Å². The first-order valence-corrected chi connectivity index (χ1v) is 6.00. The van der Waals surface area contributed by atoms with E-state index in [4.69, 9.17) is 4.74 Å². The van der Waals surface area contributed by atoms with Crippen molar-refractivity contribution in [2.24, 2.45) is 0 Å². The first kappa shape index (κ1) is 11.0. The number of thiophene rings is 1. The summed E-state index contributed by atoms with van der Waals surface area (Å²) in [6.45, 7) is 2.72. The second-order valence-corrected chi connectivity index (χ2v) is 4.40. The predicted octanol–water partition coefficient (Wildman–Crippen LogP) is 2.58. The Balaban J connectivity index is 2.18. The molecule has 1 aromatic rings. The molecule has 16 heavy (non-hydrogen) atoms. The largest absolute Gasteiger partial charge is 0.449 e. The van der Waals surface area contributed by atoms with Gasteiger partial charge in [-0.2, -0.15) is 0 Å². The first-order valence-electron chi connectivity index (χ1n) is 5.12. The summed E-state index contributed by atoms with van der Waals surface area (Å²) < 4.78 is 4.97. The topological polar surface area (TPSA) is 32.8 Å². The fraction of sp³-hybridized carbons (Fsp3) is 0.364. The van der Waals surface area contributed by atoms with Gasteiger partial charge in [0.1, 0.15) is 6.67 Å². The molecule has 1 aliphatic rings. The molecule has 0 aliphatic carbocycles. The minimum Gasteiger partial charge on any atom is -0.449 e. The van der Waals surface area contributed by atoms with Gasteiger partial charge in [0, 0.05) is 18.8 Å². The number of carbonyl (C=O) groups excluding carboxylic acids is 1. The maximum Gasteiger partial charge on any atom is 0.415 e. The van der Waals surface area contributed by atoms with Crippen LogP contribution in [-0.2, 0) is 4.74 Å². The van der Waals surface area contributed by atoms with Gasteiger partial charge in [0.15, 0.2) is 0 Å². The molecule has 5 heteroatoms. The van der Waals surface area contributed by atoms with E-state index in [1.165, 1.54) is 5.00 Å². The molecule has 0 aromatic carbocycles. The van der Waals surface area contributed by atoms with Gasteiger partial charge in [-0.1, -0.05) is 0 Å². The zero-order chi connectivity index (χ0) is 11.5. The zero-order valence-corrected chi connectivity index (χ0v) is 10.2. The van der Waals surface area contributed by atoms with Gasteiger partial charge >= 0.3 is 6.09 Å². The normalized spacial score (nSPS) is 14.6. The SMILES string of the molecule is CCOC(=O)N1C=Cc2ccsc2N(C)C1. The highest BCUT2D eigenvalue weighted by atomic mass is 32.1. The van der Waals surface area contributed by atoms with Gasteiger partial charge in [-0.25, -0.2) is 4.79 Å². The third-order valence-electron chi connectivity index (χ3n) is 2.32. The molecule has 0 saturated heterocycles. The van der Waals surface area contributed by atoms with Crippen LogP contribution in [0.3, 0.4) is 0 Å². The van der Waals surface area contributed by atoms with Crippen LogP contribution in [0.4, 0.5) is 9.80 Å². The predicted molar refractivity (Wildman–Crippen MR) is 65.5 cm³/mol. The van der Waals surface area contributed by atoms with E-state index in [2.05, 4.69) is 0 Å². The van der Waals surface area contributed by atoms with E-state index < -0.39 is 0 Å². The highest BCUT2D eigenvalue weighted by Crippen LogP contribution is 2.30. The molecule has 0 fully saturated rings. The van der Waals surface area contributed by atoms with E-state index in [9.17, 15) is 4.79 Å². The van der Waals surface area contributed by atoms with E-state index in [0.29, 0.717) is 13.3 Å². The molecule has 0 saturated carbocycles. The smallest absolute Gasteiger partial charge is 0.415 e. The van der Waals surface area contributed by atoms with E-state index in [0.717, 1.165) is 5.56 Å². The third kappa shape index (κ3) is 2.04. The number of hydrogen-bond donors (Lipinski definition) is 0. The molecule has 86 valence electrons. The van der Waals surface area contributed by atoms with Crippen molar-refractivity contribution in [1.82, 2.24) is 4.90 Å². The number of fused-ring (bicyclic) bond motifs is 1. The van der Waals surface area contributed by atoms with Crippen molar-refractivity contribution in [3.05, 3.63) is 23.2 Å². The van der Waals surface area contributed by atoms with Gasteiger partial charge in [0.05, 0.1) is 11.6 Å². The average molecular weight is 238 g/mol. The van der Waals surface area contributed by atoms with Gasteiger partial charge < -0.3 is 9.64 Å². The Morgan fingerprint density at radius 2 is 2.44 bits per heavy atom. The lowest BCUT2D eigenvalue weighted by Gasteiger charge is -2.23. The van der Waals surface area contributed by atoms with Crippen molar-refractivity contribution in [3.8, 4) is 0 Å². The Morgan fingerprint density at radius 3 is 3.19 bits per heavy atom. The van der Waals surface area contributed by atoms with Crippen molar-refractivity contribution in [1.29, 1.82) is 0 Å². The number of ether oxygens (including phenoxy) is 1. The average Bonchev–Trinajstić information content (AvgIpc) is 2.66. The molecule has 0 bridgehead atoms. The quantitative estimate of drug-likeness (QED) is 0.754. The molecule has 0 spiro atoms. The molecule has 0 unspecified atom stereocenters.